The summed E-state index contributed by atoms with van der Waals surface area (Å²) >= 11 is 0. The van der Waals surface area contributed by atoms with Crippen LogP contribution in [0.15, 0.2) is 97.1 Å². The van der Waals surface area contributed by atoms with E-state index >= 15 is 0 Å². The van der Waals surface area contributed by atoms with Gasteiger partial charge in [0.25, 0.3) is 11.8 Å². The highest BCUT2D eigenvalue weighted by atomic mass is 16.3. The number of hydrogen-bond acceptors (Lipinski definition) is 8. The fourth-order valence-corrected chi connectivity index (χ4v) is 8.88. The molecule has 0 aliphatic carbocycles. The SMILES string of the molecule is CCC(=C(c1ccc(O)cc1)c1ccc(N2CCC(CCN3CCN(c4ccc5c(c4)C(=O)N(C4CCC(=O)NC4=O)C5=O)CC3)CC2)cc1)c1ccccc1. The summed E-state index contributed by atoms with van der Waals surface area (Å²) in [4.78, 5) is 58.9. The van der Waals surface area contributed by atoms with Crippen molar-refractivity contribution in [3.05, 3.63) is 125 Å². The Labute approximate surface area is 328 Å². The summed E-state index contributed by atoms with van der Waals surface area (Å²) in [6.07, 6.45) is 4.67. The van der Waals surface area contributed by atoms with Gasteiger partial charge in [-0.05, 0) is 115 Å². The molecule has 3 saturated heterocycles. The van der Waals surface area contributed by atoms with Crippen molar-refractivity contribution in [1.29, 1.82) is 0 Å². The monoisotopic (exact) mass is 751 g/mol. The minimum absolute atomic E-state index is 0.104. The summed E-state index contributed by atoms with van der Waals surface area (Å²) in [5.74, 6) is -0.960. The number of carbonyl (C=O) groups excluding carboxylic acids is 4. The molecule has 8 rings (SSSR count). The summed E-state index contributed by atoms with van der Waals surface area (Å²) in [7, 11) is 0. The van der Waals surface area contributed by atoms with Crippen LogP contribution in [0.3, 0.4) is 0 Å². The Morgan fingerprint density at radius 1 is 0.679 bits per heavy atom. The first-order valence-corrected chi connectivity index (χ1v) is 20.0. The van der Waals surface area contributed by atoms with Crippen LogP contribution in [0.1, 0.15) is 82.9 Å². The fraction of sp³-hybridized carbons (Fsp3) is 0.348. The Kier molecular flexibility index (Phi) is 10.7. The highest BCUT2D eigenvalue weighted by molar-refractivity contribution is 6.23. The van der Waals surface area contributed by atoms with Crippen molar-refractivity contribution < 1.29 is 24.3 Å². The molecule has 56 heavy (non-hydrogen) atoms. The van der Waals surface area contributed by atoms with Crippen LogP contribution in [0.2, 0.25) is 0 Å². The number of piperidine rings is 2. The molecule has 0 radical (unpaired) electrons. The van der Waals surface area contributed by atoms with Gasteiger partial charge in [-0.15, -0.1) is 0 Å². The van der Waals surface area contributed by atoms with Crippen LogP contribution < -0.4 is 15.1 Å². The molecule has 4 aromatic carbocycles. The van der Waals surface area contributed by atoms with Crippen LogP contribution in [0.25, 0.3) is 11.1 Å². The van der Waals surface area contributed by atoms with E-state index in [9.17, 15) is 24.3 Å². The summed E-state index contributed by atoms with van der Waals surface area (Å²) in [5.41, 5.74) is 8.76. The molecule has 3 fully saturated rings. The van der Waals surface area contributed by atoms with Crippen molar-refractivity contribution in [3.63, 3.8) is 0 Å². The number of aromatic hydroxyl groups is 1. The van der Waals surface area contributed by atoms with Crippen LogP contribution in [0.4, 0.5) is 11.4 Å². The number of allylic oxidation sites excluding steroid dienone is 1. The Balaban J connectivity index is 0.833. The molecular formula is C46H49N5O5. The lowest BCUT2D eigenvalue weighted by molar-refractivity contribution is -0.136. The molecule has 4 heterocycles. The van der Waals surface area contributed by atoms with E-state index in [2.05, 4.69) is 75.5 Å². The largest absolute Gasteiger partial charge is 0.508 e. The van der Waals surface area contributed by atoms with Gasteiger partial charge in [0.05, 0.1) is 11.1 Å². The molecule has 0 spiro atoms. The molecule has 0 aromatic heterocycles. The number of benzene rings is 4. The molecule has 0 saturated carbocycles. The lowest BCUT2D eigenvalue weighted by Gasteiger charge is -2.38. The predicted molar refractivity (Wildman–Crippen MR) is 219 cm³/mol. The average molecular weight is 752 g/mol. The lowest BCUT2D eigenvalue weighted by Crippen LogP contribution is -2.54. The maximum absolute atomic E-state index is 13.3. The van der Waals surface area contributed by atoms with Gasteiger partial charge in [-0.1, -0.05) is 61.5 Å². The fourth-order valence-electron chi connectivity index (χ4n) is 8.88. The minimum Gasteiger partial charge on any atom is -0.508 e. The van der Waals surface area contributed by atoms with Gasteiger partial charge in [0.15, 0.2) is 0 Å². The maximum Gasteiger partial charge on any atom is 0.262 e. The van der Waals surface area contributed by atoms with Gasteiger partial charge in [-0.2, -0.15) is 0 Å². The third kappa shape index (κ3) is 7.58. The minimum atomic E-state index is -0.958. The van der Waals surface area contributed by atoms with Crippen molar-refractivity contribution in [2.45, 2.75) is 51.5 Å². The third-order valence-corrected chi connectivity index (χ3v) is 12.1. The summed E-state index contributed by atoms with van der Waals surface area (Å²) in [6.45, 7) is 8.89. The molecule has 0 bridgehead atoms. The van der Waals surface area contributed by atoms with Crippen LogP contribution in [0, 0.1) is 5.92 Å². The first-order chi connectivity index (χ1) is 27.3. The molecule has 2 N–H and O–H groups in total. The van der Waals surface area contributed by atoms with E-state index < -0.39 is 23.8 Å². The molecule has 288 valence electrons. The number of imide groups is 2. The molecular weight excluding hydrogens is 703 g/mol. The first-order valence-electron chi connectivity index (χ1n) is 20.0. The Morgan fingerprint density at radius 3 is 1.96 bits per heavy atom. The van der Waals surface area contributed by atoms with Gasteiger partial charge in [-0.3, -0.25) is 34.3 Å². The highest BCUT2D eigenvalue weighted by Crippen LogP contribution is 2.37. The van der Waals surface area contributed by atoms with E-state index in [-0.39, 0.29) is 24.5 Å². The number of hydrogen-bond donors (Lipinski definition) is 2. The molecule has 4 aliphatic rings. The quantitative estimate of drug-likeness (QED) is 0.138. The second-order valence-electron chi connectivity index (χ2n) is 15.4. The Bertz CT molecular complexity index is 2130. The van der Waals surface area contributed by atoms with Crippen LogP contribution in [-0.4, -0.2) is 90.4 Å². The number of nitrogens with one attached hydrogen (secondary N) is 1. The zero-order valence-electron chi connectivity index (χ0n) is 32.0. The summed E-state index contributed by atoms with van der Waals surface area (Å²) in [6, 6.07) is 31.5. The lowest BCUT2D eigenvalue weighted by atomic mass is 9.88. The number of piperazine rings is 1. The number of anilines is 2. The van der Waals surface area contributed by atoms with E-state index in [0.29, 0.717) is 17.0 Å². The van der Waals surface area contributed by atoms with Gasteiger partial charge >= 0.3 is 0 Å². The van der Waals surface area contributed by atoms with E-state index in [1.54, 1.807) is 24.3 Å². The molecule has 4 aliphatic heterocycles. The van der Waals surface area contributed by atoms with Gasteiger partial charge in [0.2, 0.25) is 11.8 Å². The number of phenols is 1. The highest BCUT2D eigenvalue weighted by Gasteiger charge is 2.44. The molecule has 10 heteroatoms. The Hall–Kier alpha value is -5.74. The number of fused-ring (bicyclic) bond motifs is 1. The third-order valence-electron chi connectivity index (χ3n) is 12.1. The zero-order valence-corrected chi connectivity index (χ0v) is 32.0. The van der Waals surface area contributed by atoms with Crippen molar-refractivity contribution in [3.8, 4) is 5.75 Å². The van der Waals surface area contributed by atoms with Crippen molar-refractivity contribution >= 4 is 46.1 Å². The van der Waals surface area contributed by atoms with Crippen LogP contribution >= 0.6 is 0 Å². The number of nitrogens with zero attached hydrogens (tertiary/aromatic N) is 4. The molecule has 1 unspecified atom stereocenters. The van der Waals surface area contributed by atoms with Crippen molar-refractivity contribution in [1.82, 2.24) is 15.1 Å². The number of amides is 4. The van der Waals surface area contributed by atoms with E-state index in [0.717, 1.165) is 68.4 Å². The van der Waals surface area contributed by atoms with Gasteiger partial charge in [-0.25, -0.2) is 0 Å². The van der Waals surface area contributed by atoms with Gasteiger partial charge in [0, 0.05) is 57.1 Å². The van der Waals surface area contributed by atoms with Crippen molar-refractivity contribution in [2.75, 3.05) is 55.6 Å². The van der Waals surface area contributed by atoms with Crippen molar-refractivity contribution in [2.24, 2.45) is 5.92 Å². The first kappa shape index (κ1) is 37.2. The summed E-state index contributed by atoms with van der Waals surface area (Å²) in [5, 5.41) is 12.2. The molecule has 4 aromatic rings. The van der Waals surface area contributed by atoms with E-state index in [1.807, 2.05) is 24.3 Å². The number of rotatable bonds is 10. The van der Waals surface area contributed by atoms with Crippen LogP contribution in [-0.2, 0) is 9.59 Å². The number of phenolic OH excluding ortho intramolecular Hbond substituents is 1. The second kappa shape index (κ2) is 16.2. The molecule has 1 atom stereocenters. The van der Waals surface area contributed by atoms with Gasteiger partial charge in [0.1, 0.15) is 11.8 Å². The van der Waals surface area contributed by atoms with E-state index in [1.165, 1.54) is 47.2 Å². The average Bonchev–Trinajstić information content (AvgIpc) is 3.48. The van der Waals surface area contributed by atoms with E-state index in [4.69, 9.17) is 0 Å². The standard InChI is InChI=1S/C46H49N5O5/c1-2-38(32-6-4-3-5-7-32)43(34-10-15-37(52)16-11-34)33-8-12-35(13-9-33)49-24-21-31(22-25-49)20-23-48-26-28-50(29-27-48)36-14-17-39-40(30-36)46(56)51(45(39)55)41-18-19-42(53)47-44(41)54/h3-17,30-31,41,52H,2,18-29H2,1H3,(H,47,53,54). The van der Waals surface area contributed by atoms with Crippen LogP contribution in [0.5, 0.6) is 5.75 Å². The molecule has 10 nitrogen and oxygen atoms in total. The predicted octanol–water partition coefficient (Wildman–Crippen LogP) is 6.59. The Morgan fingerprint density at radius 2 is 1.30 bits per heavy atom. The number of carbonyl (C=O) groups is 4. The summed E-state index contributed by atoms with van der Waals surface area (Å²) < 4.78 is 0. The topological polar surface area (TPSA) is 114 Å². The smallest absolute Gasteiger partial charge is 0.262 e. The van der Waals surface area contributed by atoms with Gasteiger partial charge < -0.3 is 14.9 Å². The normalized spacial score (nSPS) is 19.9. The maximum atomic E-state index is 13.3. The second-order valence-corrected chi connectivity index (χ2v) is 15.4. The molecule has 4 amide bonds. The zero-order chi connectivity index (χ0) is 38.8.